The normalized spacial score (nSPS) is 13.2. The van der Waals surface area contributed by atoms with E-state index < -0.39 is 0 Å². The summed E-state index contributed by atoms with van der Waals surface area (Å²) in [7, 11) is 0. The van der Waals surface area contributed by atoms with Crippen LogP contribution in [0, 0.1) is 0 Å². The van der Waals surface area contributed by atoms with Crippen LogP contribution in [0.15, 0.2) is 167 Å². The fourth-order valence-electron chi connectivity index (χ4n) is 9.55. The number of nitrogens with zero attached hydrogens (tertiary/aromatic N) is 1. The zero-order chi connectivity index (χ0) is 34.4. The Balaban J connectivity index is 1.22. The number of hydrogen-bond donors (Lipinski definition) is 0. The van der Waals surface area contributed by atoms with Crippen molar-refractivity contribution < 1.29 is 8.83 Å². The maximum absolute atomic E-state index is 6.61. The van der Waals surface area contributed by atoms with Crippen LogP contribution in [-0.2, 0) is 0 Å². The lowest BCUT2D eigenvalue weighted by molar-refractivity contribution is 0.669. The van der Waals surface area contributed by atoms with Crippen LogP contribution in [0.25, 0.3) is 86.3 Å². The first-order chi connectivity index (χ1) is 26.3. The van der Waals surface area contributed by atoms with Crippen molar-refractivity contribution >= 4 is 116 Å². The molecule has 0 amide bonds. The fourth-order valence-corrected chi connectivity index (χ4v) is 10.8. The molecule has 2 aliphatic rings. The average molecular weight is 692 g/mol. The lowest BCUT2D eigenvalue weighted by Gasteiger charge is -2.37. The molecule has 0 saturated carbocycles. The number of para-hydroxylation sites is 2. The van der Waals surface area contributed by atoms with E-state index in [-0.39, 0.29) is 6.71 Å². The van der Waals surface area contributed by atoms with Gasteiger partial charge in [0.15, 0.2) is 0 Å². The largest absolute Gasteiger partial charge is 0.456 e. The minimum absolute atomic E-state index is 0.0787. The van der Waals surface area contributed by atoms with Gasteiger partial charge in [0.05, 0.1) is 22.1 Å². The molecule has 11 aromatic rings. The molecule has 2 aliphatic heterocycles. The Morgan fingerprint density at radius 2 is 1.11 bits per heavy atom. The third-order valence-corrected chi connectivity index (χ3v) is 12.9. The van der Waals surface area contributed by atoms with Crippen molar-refractivity contribution in [3.63, 3.8) is 0 Å². The van der Waals surface area contributed by atoms with Crippen LogP contribution < -0.4 is 21.3 Å². The van der Waals surface area contributed by atoms with Crippen LogP contribution in [0.2, 0.25) is 0 Å². The summed E-state index contributed by atoms with van der Waals surface area (Å²) in [5.74, 6) is 0. The van der Waals surface area contributed by atoms with Gasteiger partial charge < -0.3 is 13.7 Å². The predicted octanol–water partition coefficient (Wildman–Crippen LogP) is 11.8. The smallest absolute Gasteiger partial charge is 0.248 e. The minimum atomic E-state index is 0.0787. The second-order valence-corrected chi connectivity index (χ2v) is 15.4. The fraction of sp³-hybridized carbons (Fsp3) is 0. The Morgan fingerprint density at radius 1 is 0.453 bits per heavy atom. The van der Waals surface area contributed by atoms with Gasteiger partial charge >= 0.3 is 0 Å². The zero-order valence-electron chi connectivity index (χ0n) is 28.3. The van der Waals surface area contributed by atoms with Crippen LogP contribution >= 0.6 is 11.3 Å². The van der Waals surface area contributed by atoms with Crippen molar-refractivity contribution in [2.24, 2.45) is 0 Å². The van der Waals surface area contributed by atoms with Crippen LogP contribution in [0.5, 0.6) is 0 Å². The lowest BCUT2D eigenvalue weighted by Crippen LogP contribution is -2.54. The summed E-state index contributed by atoms with van der Waals surface area (Å²) >= 11 is 1.89. The first-order valence-electron chi connectivity index (χ1n) is 18.1. The van der Waals surface area contributed by atoms with E-state index in [1.807, 2.05) is 11.3 Å². The van der Waals surface area contributed by atoms with Gasteiger partial charge in [0.1, 0.15) is 22.3 Å². The van der Waals surface area contributed by atoms with E-state index in [0.29, 0.717) is 0 Å². The molecule has 53 heavy (non-hydrogen) atoms. The topological polar surface area (TPSA) is 29.5 Å². The highest BCUT2D eigenvalue weighted by Crippen LogP contribution is 2.51. The highest BCUT2D eigenvalue weighted by atomic mass is 32.1. The molecule has 0 N–H and O–H groups in total. The Kier molecular flexibility index (Phi) is 5.33. The van der Waals surface area contributed by atoms with E-state index in [9.17, 15) is 0 Å². The molecule has 3 nitrogen and oxygen atoms in total. The number of anilines is 3. The van der Waals surface area contributed by atoms with Crippen molar-refractivity contribution in [1.82, 2.24) is 0 Å². The van der Waals surface area contributed by atoms with Gasteiger partial charge in [-0.3, -0.25) is 0 Å². The second-order valence-electron chi connectivity index (χ2n) is 14.3. The summed E-state index contributed by atoms with van der Waals surface area (Å²) in [4.78, 5) is 2.54. The van der Waals surface area contributed by atoms with Crippen LogP contribution in [-0.4, -0.2) is 6.71 Å². The van der Waals surface area contributed by atoms with E-state index in [2.05, 4.69) is 163 Å². The molecule has 0 unspecified atom stereocenters. The molecule has 0 radical (unpaired) electrons. The number of thiophene rings is 1. The summed E-state index contributed by atoms with van der Waals surface area (Å²) in [6.07, 6.45) is 0. The van der Waals surface area contributed by atoms with Crippen LogP contribution in [0.4, 0.5) is 17.1 Å². The van der Waals surface area contributed by atoms with Crippen LogP contribution in [0.3, 0.4) is 0 Å². The Morgan fingerprint density at radius 3 is 1.98 bits per heavy atom. The van der Waals surface area contributed by atoms with Gasteiger partial charge in [0.2, 0.25) is 6.71 Å². The summed E-state index contributed by atoms with van der Waals surface area (Å²) in [5, 5.41) is 7.09. The molecule has 0 atom stereocenters. The molecule has 8 aromatic carbocycles. The van der Waals surface area contributed by atoms with E-state index in [0.717, 1.165) is 49.6 Å². The summed E-state index contributed by atoms with van der Waals surface area (Å²) in [6.45, 7) is 0.0787. The third kappa shape index (κ3) is 3.60. The van der Waals surface area contributed by atoms with Gasteiger partial charge in [-0.2, -0.15) is 0 Å². The Labute approximate surface area is 308 Å². The highest BCUT2D eigenvalue weighted by Gasteiger charge is 2.44. The van der Waals surface area contributed by atoms with Crippen molar-refractivity contribution in [3.8, 4) is 22.3 Å². The molecular formula is C48H26BNO2S. The van der Waals surface area contributed by atoms with Gasteiger partial charge in [-0.15, -0.1) is 11.3 Å². The quantitative estimate of drug-likeness (QED) is 0.169. The van der Waals surface area contributed by atoms with Crippen molar-refractivity contribution in [2.75, 3.05) is 4.90 Å². The Hall–Kier alpha value is -6.56. The minimum Gasteiger partial charge on any atom is -0.456 e. The van der Waals surface area contributed by atoms with Gasteiger partial charge in [-0.25, -0.2) is 0 Å². The van der Waals surface area contributed by atoms with Gasteiger partial charge in [-0.05, 0) is 81.7 Å². The number of rotatable bonds is 2. The number of fused-ring (bicyclic) bond motifs is 15. The highest BCUT2D eigenvalue weighted by molar-refractivity contribution is 7.26. The Bertz CT molecular complexity index is 3390. The molecule has 13 rings (SSSR count). The first kappa shape index (κ1) is 28.1. The van der Waals surface area contributed by atoms with Crippen molar-refractivity contribution in [1.29, 1.82) is 0 Å². The molecule has 5 heteroatoms. The number of benzene rings is 8. The van der Waals surface area contributed by atoms with E-state index in [1.54, 1.807) is 0 Å². The van der Waals surface area contributed by atoms with Gasteiger partial charge in [0, 0.05) is 36.6 Å². The lowest BCUT2D eigenvalue weighted by atomic mass is 9.37. The molecule has 0 spiro atoms. The number of hydrogen-bond acceptors (Lipinski definition) is 4. The van der Waals surface area contributed by atoms with Crippen molar-refractivity contribution in [3.05, 3.63) is 158 Å². The maximum Gasteiger partial charge on any atom is 0.248 e. The first-order valence-corrected chi connectivity index (χ1v) is 18.9. The van der Waals surface area contributed by atoms with Gasteiger partial charge in [0.25, 0.3) is 0 Å². The molecule has 0 bridgehead atoms. The maximum atomic E-state index is 6.61. The van der Waals surface area contributed by atoms with E-state index >= 15 is 0 Å². The molecule has 3 aromatic heterocycles. The molecule has 244 valence electrons. The summed E-state index contributed by atoms with van der Waals surface area (Å²) < 4.78 is 15.8. The summed E-state index contributed by atoms with van der Waals surface area (Å²) in [6, 6.07) is 57.4. The third-order valence-electron chi connectivity index (χ3n) is 11.7. The predicted molar refractivity (Wildman–Crippen MR) is 224 cm³/mol. The second kappa shape index (κ2) is 10.1. The standard InChI is InChI=1S/C48H26BNO2S/c1-5-17-35-29(11-1)34-25-27(28-15-9-16-31-30-12-4-8-22-43(30)53-48(28)31)26-38-46(34)49(35)36-23-24-42-45(33-14-3-7-20-40(33)52-42)47(36)50(38)37-18-10-21-41-44(37)32-13-2-6-19-39(32)51-41/h1-26H. The van der Waals surface area contributed by atoms with E-state index in [4.69, 9.17) is 8.83 Å². The average Bonchev–Trinajstić information content (AvgIpc) is 3.97. The van der Waals surface area contributed by atoms with Crippen molar-refractivity contribution in [2.45, 2.75) is 0 Å². The molecule has 0 fully saturated rings. The molecule has 0 aliphatic carbocycles. The molecular weight excluding hydrogens is 665 g/mol. The SMILES string of the molecule is c1ccc2c(c1)B1c3ccc4oc5ccccc5c4c3N(c3cccc4oc5ccccc5c34)c3cc(-c4cccc5c4sc4ccccc45)cc-2c31. The zero-order valence-corrected chi connectivity index (χ0v) is 29.1. The summed E-state index contributed by atoms with van der Waals surface area (Å²) in [5.41, 5.74) is 16.1. The van der Waals surface area contributed by atoms with Crippen LogP contribution in [0.1, 0.15) is 0 Å². The monoisotopic (exact) mass is 691 g/mol. The molecule has 5 heterocycles. The molecule has 0 saturated heterocycles. The van der Waals surface area contributed by atoms with Gasteiger partial charge in [-0.1, -0.05) is 115 Å². The number of furan rings is 2. The van der Waals surface area contributed by atoms with E-state index in [1.165, 1.54) is 70.2 Å².